The Bertz CT molecular complexity index is 946. The van der Waals surface area contributed by atoms with E-state index in [2.05, 4.69) is 26.0 Å². The highest BCUT2D eigenvalue weighted by Crippen LogP contribution is 2.23. The molecule has 0 bridgehead atoms. The molecular weight excluding hydrogens is 769 g/mol. The topological polar surface area (TPSA) is 135 Å². The number of carbonyl (C=O) groups excluding carboxylic acids is 1. The summed E-state index contributed by atoms with van der Waals surface area (Å²) in [6.07, 6.45) is 43.9. The van der Waals surface area contributed by atoms with Gasteiger partial charge in [0.15, 0.2) is 6.29 Å². The minimum Gasteiger partial charge on any atom is -0.457 e. The first-order chi connectivity index (χ1) is 29.9. The lowest BCUT2D eigenvalue weighted by atomic mass is 9.99. The molecule has 1 aliphatic rings. The predicted molar refractivity (Wildman–Crippen MR) is 252 cm³/mol. The van der Waals surface area contributed by atoms with Crippen LogP contribution in [0, 0.1) is 0 Å². The summed E-state index contributed by atoms with van der Waals surface area (Å²) < 4.78 is 22.9. The summed E-state index contributed by atoms with van der Waals surface area (Å²) in [7, 11) is 0. The van der Waals surface area contributed by atoms with Gasteiger partial charge in [-0.05, 0) is 38.5 Å². The largest absolute Gasteiger partial charge is 0.457 e. The molecule has 9 nitrogen and oxygen atoms in total. The van der Waals surface area contributed by atoms with Gasteiger partial charge in [0.2, 0.25) is 0 Å². The summed E-state index contributed by atoms with van der Waals surface area (Å²) in [6.45, 7) is 4.61. The zero-order valence-corrected chi connectivity index (χ0v) is 39.9. The molecule has 0 aromatic heterocycles. The molecule has 6 atom stereocenters. The van der Waals surface area contributed by atoms with Crippen LogP contribution in [0.3, 0.4) is 0 Å². The molecule has 0 aromatic carbocycles. The number of hydrogen-bond donors (Lipinski definition) is 4. The molecule has 1 rings (SSSR count). The van der Waals surface area contributed by atoms with Crippen molar-refractivity contribution in [3.05, 3.63) is 12.2 Å². The number of aliphatic hydroxyl groups excluding tert-OH is 4. The Kier molecular flexibility index (Phi) is 41.9. The van der Waals surface area contributed by atoms with Gasteiger partial charge in [0.05, 0.1) is 19.8 Å². The van der Waals surface area contributed by atoms with Crippen LogP contribution in [-0.2, 0) is 23.7 Å². The van der Waals surface area contributed by atoms with Crippen LogP contribution in [-0.4, -0.2) is 89.6 Å². The summed E-state index contributed by atoms with van der Waals surface area (Å²) in [4.78, 5) is 12.8. The number of carbonyl (C=O) groups is 1. The van der Waals surface area contributed by atoms with Crippen molar-refractivity contribution in [3.63, 3.8) is 0 Å². The standard InChI is InChI=1S/C52H100O9/c1-3-5-7-9-11-13-15-17-19-21-23-24-26-28-30-32-34-36-38-40-42-58-44-46(45-59-52-51(57)50(56)49(55)47(43-53)61-52)60-48(54)41-39-37-35-33-31-29-27-25-22-20-18-16-14-12-10-8-6-4-2/h20,22,46-47,49-53,55-57H,3-19,21,23-45H2,1-2H3/b22-20-. The predicted octanol–water partition coefficient (Wildman–Crippen LogP) is 12.8. The lowest BCUT2D eigenvalue weighted by molar-refractivity contribution is -0.305. The summed E-state index contributed by atoms with van der Waals surface area (Å²) in [5.41, 5.74) is 0. The maximum Gasteiger partial charge on any atom is 0.306 e. The molecule has 0 aromatic rings. The van der Waals surface area contributed by atoms with Crippen molar-refractivity contribution in [2.24, 2.45) is 0 Å². The maximum atomic E-state index is 12.8. The molecule has 0 amide bonds. The van der Waals surface area contributed by atoms with E-state index in [9.17, 15) is 25.2 Å². The highest BCUT2D eigenvalue weighted by molar-refractivity contribution is 5.69. The second-order valence-corrected chi connectivity index (χ2v) is 18.3. The second kappa shape index (κ2) is 44.1. The maximum absolute atomic E-state index is 12.8. The third-order valence-electron chi connectivity index (χ3n) is 12.4. The Morgan fingerprint density at radius 3 is 1.33 bits per heavy atom. The van der Waals surface area contributed by atoms with Gasteiger partial charge in [0.1, 0.15) is 30.5 Å². The van der Waals surface area contributed by atoms with E-state index in [1.165, 1.54) is 199 Å². The van der Waals surface area contributed by atoms with Crippen LogP contribution < -0.4 is 0 Å². The fraction of sp³-hybridized carbons (Fsp3) is 0.942. The number of aliphatic hydroxyl groups is 4. The summed E-state index contributed by atoms with van der Waals surface area (Å²) in [5.74, 6) is -0.312. The van der Waals surface area contributed by atoms with Crippen LogP contribution in [0.4, 0.5) is 0 Å². The molecular formula is C52H100O9. The number of rotatable bonds is 46. The van der Waals surface area contributed by atoms with Crippen molar-refractivity contribution < 1.29 is 44.2 Å². The first-order valence-corrected chi connectivity index (χ1v) is 26.3. The van der Waals surface area contributed by atoms with Crippen molar-refractivity contribution in [1.82, 2.24) is 0 Å². The van der Waals surface area contributed by atoms with Crippen molar-refractivity contribution in [2.75, 3.05) is 26.4 Å². The average molecular weight is 869 g/mol. The quantitative estimate of drug-likeness (QED) is 0.0268. The Labute approximate surface area is 375 Å². The van der Waals surface area contributed by atoms with Gasteiger partial charge in [-0.1, -0.05) is 219 Å². The summed E-state index contributed by atoms with van der Waals surface area (Å²) in [6, 6.07) is 0. The van der Waals surface area contributed by atoms with E-state index in [1.807, 2.05) is 0 Å². The van der Waals surface area contributed by atoms with Crippen molar-refractivity contribution in [2.45, 2.75) is 288 Å². The molecule has 0 saturated carbocycles. The van der Waals surface area contributed by atoms with Crippen molar-refractivity contribution in [1.29, 1.82) is 0 Å². The molecule has 1 fully saturated rings. The fourth-order valence-corrected chi connectivity index (χ4v) is 8.31. The lowest BCUT2D eigenvalue weighted by Gasteiger charge is -2.39. The number of allylic oxidation sites excluding steroid dienone is 2. The monoisotopic (exact) mass is 869 g/mol. The molecule has 1 saturated heterocycles. The van der Waals surface area contributed by atoms with E-state index in [0.717, 1.165) is 32.1 Å². The first-order valence-electron chi connectivity index (χ1n) is 26.3. The molecule has 0 radical (unpaired) electrons. The van der Waals surface area contributed by atoms with Crippen LogP contribution in [0.25, 0.3) is 0 Å². The van der Waals surface area contributed by atoms with Crippen molar-refractivity contribution in [3.8, 4) is 0 Å². The Balaban J connectivity index is 2.18. The number of ether oxygens (including phenoxy) is 4. The highest BCUT2D eigenvalue weighted by Gasteiger charge is 2.44. The normalized spacial score (nSPS) is 19.9. The Morgan fingerprint density at radius 1 is 0.508 bits per heavy atom. The van der Waals surface area contributed by atoms with Crippen LogP contribution in [0.1, 0.15) is 251 Å². The van der Waals surface area contributed by atoms with E-state index in [0.29, 0.717) is 13.0 Å². The minimum atomic E-state index is -1.53. The van der Waals surface area contributed by atoms with Gasteiger partial charge >= 0.3 is 5.97 Å². The van der Waals surface area contributed by atoms with E-state index in [4.69, 9.17) is 18.9 Å². The third kappa shape index (κ3) is 34.9. The Morgan fingerprint density at radius 2 is 0.902 bits per heavy atom. The zero-order valence-electron chi connectivity index (χ0n) is 39.9. The van der Waals surface area contributed by atoms with Gasteiger partial charge in [-0.25, -0.2) is 0 Å². The number of esters is 1. The van der Waals surface area contributed by atoms with Gasteiger partial charge in [0, 0.05) is 13.0 Å². The van der Waals surface area contributed by atoms with Gasteiger partial charge in [0.25, 0.3) is 0 Å². The van der Waals surface area contributed by atoms with E-state index in [1.54, 1.807) is 0 Å². The molecule has 0 aliphatic carbocycles. The molecule has 1 aliphatic heterocycles. The second-order valence-electron chi connectivity index (χ2n) is 18.3. The van der Waals surface area contributed by atoms with Crippen LogP contribution in [0.5, 0.6) is 0 Å². The average Bonchev–Trinajstić information content (AvgIpc) is 3.26. The minimum absolute atomic E-state index is 0.109. The van der Waals surface area contributed by atoms with Crippen molar-refractivity contribution >= 4 is 5.97 Å². The SMILES string of the molecule is CCCCCCCCC/C=C\CCCCCCCCCC(=O)OC(COCCCCCCCCCCCCCCCCCCCCCC)COC1OC(CO)C(O)C(O)C1O. The first kappa shape index (κ1) is 57.9. The fourth-order valence-electron chi connectivity index (χ4n) is 8.31. The zero-order chi connectivity index (χ0) is 44.3. The van der Waals surface area contributed by atoms with Gasteiger partial charge in [-0.2, -0.15) is 0 Å². The highest BCUT2D eigenvalue weighted by atomic mass is 16.7. The molecule has 9 heteroatoms. The van der Waals surface area contributed by atoms with E-state index < -0.39 is 43.4 Å². The van der Waals surface area contributed by atoms with Crippen LogP contribution >= 0.6 is 0 Å². The Hall–Kier alpha value is -1.07. The van der Waals surface area contributed by atoms with Gasteiger partial charge < -0.3 is 39.4 Å². The van der Waals surface area contributed by atoms with Gasteiger partial charge in [-0.15, -0.1) is 0 Å². The molecule has 6 unspecified atom stereocenters. The van der Waals surface area contributed by atoms with Crippen LogP contribution in [0.15, 0.2) is 12.2 Å². The molecule has 0 spiro atoms. The number of hydrogen-bond acceptors (Lipinski definition) is 9. The number of unbranched alkanes of at least 4 members (excludes halogenated alkanes) is 33. The van der Waals surface area contributed by atoms with E-state index in [-0.39, 0.29) is 19.2 Å². The molecule has 4 N–H and O–H groups in total. The van der Waals surface area contributed by atoms with Crippen LogP contribution in [0.2, 0.25) is 0 Å². The third-order valence-corrected chi connectivity index (χ3v) is 12.4. The summed E-state index contributed by atoms with van der Waals surface area (Å²) >= 11 is 0. The summed E-state index contributed by atoms with van der Waals surface area (Å²) in [5, 5.41) is 40.2. The molecule has 362 valence electrons. The lowest BCUT2D eigenvalue weighted by Crippen LogP contribution is -2.59. The molecule has 61 heavy (non-hydrogen) atoms. The molecule has 1 heterocycles. The smallest absolute Gasteiger partial charge is 0.306 e. The van der Waals surface area contributed by atoms with E-state index >= 15 is 0 Å². The van der Waals surface area contributed by atoms with Gasteiger partial charge in [-0.3, -0.25) is 4.79 Å².